The molecule has 0 N–H and O–H groups in total. The van der Waals surface area contributed by atoms with Gasteiger partial charge in [-0.05, 0) is 54.3 Å². The van der Waals surface area contributed by atoms with Crippen LogP contribution >= 0.6 is 0 Å². The topological polar surface area (TPSA) is 90.0 Å². The normalized spacial score (nSPS) is 17.0. The number of ether oxygens (including phenoxy) is 1. The lowest BCUT2D eigenvalue weighted by Crippen LogP contribution is -2.54. The first-order chi connectivity index (χ1) is 17.8. The summed E-state index contributed by atoms with van der Waals surface area (Å²) in [4.78, 5) is 26.2. The number of rotatable bonds is 6. The first-order valence-corrected chi connectivity index (χ1v) is 13.2. The molecule has 1 aliphatic rings. The summed E-state index contributed by atoms with van der Waals surface area (Å²) in [6, 6.07) is 26.3. The Morgan fingerprint density at radius 1 is 0.919 bits per heavy atom. The van der Waals surface area contributed by atoms with E-state index in [0.717, 1.165) is 20.6 Å². The Balaban J connectivity index is 1.50. The molecule has 0 saturated carbocycles. The maximum absolute atomic E-state index is 13.8. The summed E-state index contributed by atoms with van der Waals surface area (Å²) < 4.78 is 39.9. The summed E-state index contributed by atoms with van der Waals surface area (Å²) in [5.41, 5.74) is 1.67. The minimum absolute atomic E-state index is 0.00962. The zero-order valence-corrected chi connectivity index (χ0v) is 21.1. The van der Waals surface area contributed by atoms with Crippen LogP contribution in [-0.2, 0) is 24.2 Å². The maximum Gasteiger partial charge on any atom is 0.502 e. The molecule has 186 valence electrons. The van der Waals surface area contributed by atoms with Crippen LogP contribution in [0.15, 0.2) is 102 Å². The van der Waals surface area contributed by atoms with Gasteiger partial charge in [0, 0.05) is 0 Å². The number of aryl methyl sites for hydroxylation is 1. The van der Waals surface area contributed by atoms with Gasteiger partial charge in [0.05, 0.1) is 10.5 Å². The van der Waals surface area contributed by atoms with Crippen molar-refractivity contribution >= 4 is 45.2 Å². The van der Waals surface area contributed by atoms with Crippen LogP contribution < -0.4 is 5.46 Å². The van der Waals surface area contributed by atoms with E-state index in [9.17, 15) is 18.0 Å². The van der Waals surface area contributed by atoms with Crippen LogP contribution in [0.3, 0.4) is 0 Å². The molecule has 0 amide bonds. The summed E-state index contributed by atoms with van der Waals surface area (Å²) in [5.74, 6) is -1.45. The molecule has 1 fully saturated rings. The fourth-order valence-corrected chi connectivity index (χ4v) is 6.13. The van der Waals surface area contributed by atoms with Crippen molar-refractivity contribution in [2.45, 2.75) is 30.9 Å². The second kappa shape index (κ2) is 9.84. The van der Waals surface area contributed by atoms with Gasteiger partial charge in [0.1, 0.15) is 6.10 Å². The third-order valence-electron chi connectivity index (χ3n) is 6.38. The predicted octanol–water partition coefficient (Wildman–Crippen LogP) is 3.71. The Morgan fingerprint density at radius 2 is 1.57 bits per heavy atom. The molecule has 0 unspecified atom stereocenters. The molecule has 1 aliphatic heterocycles. The lowest BCUT2D eigenvalue weighted by molar-refractivity contribution is -0.136. The average Bonchev–Trinajstić information content (AvgIpc) is 3.27. The number of carbonyl (C=O) groups excluding carboxylic acids is 2. The molecule has 9 heteroatoms. The number of hydrogen-bond acceptors (Lipinski definition) is 6. The number of nitrogens with zero attached hydrogens (tertiary/aromatic N) is 1. The molecule has 7 nitrogen and oxygen atoms in total. The minimum atomic E-state index is -4.21. The van der Waals surface area contributed by atoms with E-state index in [-0.39, 0.29) is 4.90 Å². The number of hydrogen-bond donors (Lipinski definition) is 0. The third kappa shape index (κ3) is 4.75. The van der Waals surface area contributed by atoms with Gasteiger partial charge in [-0.15, -0.1) is 0 Å². The molecule has 0 aliphatic carbocycles. The van der Waals surface area contributed by atoms with Crippen LogP contribution in [0.2, 0.25) is 0 Å². The smallest absolute Gasteiger partial charge is 0.502 e. The van der Waals surface area contributed by atoms with Gasteiger partial charge >= 0.3 is 19.0 Å². The van der Waals surface area contributed by atoms with Crippen molar-refractivity contribution < 1.29 is 27.4 Å². The molecule has 37 heavy (non-hydrogen) atoms. The van der Waals surface area contributed by atoms with Crippen LogP contribution in [0.4, 0.5) is 0 Å². The van der Waals surface area contributed by atoms with Crippen LogP contribution in [-0.4, -0.2) is 43.8 Å². The molecule has 2 atom stereocenters. The summed E-state index contributed by atoms with van der Waals surface area (Å²) in [6.45, 7) is 3.35. The molecule has 0 aromatic heterocycles. The van der Waals surface area contributed by atoms with Gasteiger partial charge < -0.3 is 9.39 Å². The molecular formula is C28H24BNO6S. The molecule has 5 rings (SSSR count). The lowest BCUT2D eigenvalue weighted by atomic mass is 9.74. The van der Waals surface area contributed by atoms with E-state index in [1.54, 1.807) is 60.7 Å². The van der Waals surface area contributed by atoms with Crippen molar-refractivity contribution in [2.24, 2.45) is 0 Å². The van der Waals surface area contributed by atoms with Crippen molar-refractivity contribution in [2.75, 3.05) is 0 Å². The van der Waals surface area contributed by atoms with Crippen LogP contribution in [0.1, 0.15) is 22.8 Å². The molecule has 1 saturated heterocycles. The maximum atomic E-state index is 13.8. The molecule has 1 heterocycles. The Morgan fingerprint density at radius 3 is 2.27 bits per heavy atom. The van der Waals surface area contributed by atoms with E-state index >= 15 is 0 Å². The van der Waals surface area contributed by atoms with E-state index < -0.39 is 41.2 Å². The quantitative estimate of drug-likeness (QED) is 0.289. The molecule has 4 aromatic carbocycles. The van der Waals surface area contributed by atoms with Gasteiger partial charge in [-0.2, -0.15) is 4.22 Å². The van der Waals surface area contributed by atoms with E-state index in [4.69, 9.17) is 9.39 Å². The first kappa shape index (κ1) is 24.7. The molecule has 4 aromatic rings. The standard InChI is InChI=1S/C28H24BNO6S/c1-19-12-16-25(17-13-19)37(33,34)30-26(28(32)36-29(30)24-10-4-3-5-11-24)20(2)35-27(31)23-15-14-21-8-6-7-9-22(21)18-23/h3-18,20,26H,1-2H3/t20-,26-/m0/s1. The number of carbonyl (C=O) groups is 2. The van der Waals surface area contributed by atoms with Gasteiger partial charge in [-0.25, -0.2) is 13.2 Å². The Kier molecular flexibility index (Phi) is 6.58. The highest BCUT2D eigenvalue weighted by atomic mass is 32.2. The second-order valence-corrected chi connectivity index (χ2v) is 10.8. The van der Waals surface area contributed by atoms with Crippen molar-refractivity contribution in [3.63, 3.8) is 0 Å². The highest BCUT2D eigenvalue weighted by Crippen LogP contribution is 2.29. The van der Waals surface area contributed by atoms with Crippen LogP contribution in [0, 0.1) is 6.92 Å². The summed E-state index contributed by atoms with van der Waals surface area (Å²) in [6.07, 6.45) is -1.12. The minimum Gasteiger partial charge on any atom is -0.514 e. The highest BCUT2D eigenvalue weighted by Gasteiger charge is 2.56. The number of sulfonamides is 1. The zero-order chi connectivity index (χ0) is 26.2. The summed E-state index contributed by atoms with van der Waals surface area (Å²) >= 11 is 0. The number of benzene rings is 4. The van der Waals surface area contributed by atoms with E-state index in [0.29, 0.717) is 11.0 Å². The predicted molar refractivity (Wildman–Crippen MR) is 141 cm³/mol. The Hall–Kier alpha value is -3.95. The largest absolute Gasteiger partial charge is 0.514 e. The third-order valence-corrected chi connectivity index (χ3v) is 8.22. The van der Waals surface area contributed by atoms with Gasteiger partial charge in [0.25, 0.3) is 0 Å². The number of fused-ring (bicyclic) bond motifs is 1. The van der Waals surface area contributed by atoms with Crippen molar-refractivity contribution in [3.05, 3.63) is 108 Å². The molecule has 0 bridgehead atoms. The highest BCUT2D eigenvalue weighted by molar-refractivity contribution is 7.90. The monoisotopic (exact) mass is 513 g/mol. The van der Waals surface area contributed by atoms with Crippen molar-refractivity contribution in [1.82, 2.24) is 4.22 Å². The van der Waals surface area contributed by atoms with Crippen molar-refractivity contribution in [1.29, 1.82) is 0 Å². The molecule has 0 radical (unpaired) electrons. The van der Waals surface area contributed by atoms with E-state index in [2.05, 4.69) is 0 Å². The van der Waals surface area contributed by atoms with Gasteiger partial charge in [-0.3, -0.25) is 4.79 Å². The summed E-state index contributed by atoms with van der Waals surface area (Å²) in [5, 5.41) is 1.82. The average molecular weight is 513 g/mol. The fraction of sp³-hybridized carbons (Fsp3) is 0.143. The fourth-order valence-electron chi connectivity index (χ4n) is 4.44. The summed E-state index contributed by atoms with van der Waals surface area (Å²) in [7, 11) is -5.41. The van der Waals surface area contributed by atoms with Crippen molar-refractivity contribution in [3.8, 4) is 0 Å². The SMILES string of the molecule is Cc1ccc(S(=O)(=O)N2B(c3ccccc3)OC(=O)[C@@H]2[C@H](C)OC(=O)c2ccc3ccccc3c2)cc1. The van der Waals surface area contributed by atoms with Gasteiger partial charge in [-0.1, -0.05) is 78.4 Å². The number of esters is 1. The Bertz CT molecular complexity index is 1570. The van der Waals surface area contributed by atoms with E-state index in [1.807, 2.05) is 31.2 Å². The molecular weight excluding hydrogens is 489 g/mol. The second-order valence-electron chi connectivity index (χ2n) is 8.97. The van der Waals surface area contributed by atoms with Crippen LogP contribution in [0.25, 0.3) is 10.8 Å². The van der Waals surface area contributed by atoms with Gasteiger partial charge in [0.2, 0.25) is 10.0 Å². The van der Waals surface area contributed by atoms with E-state index in [1.165, 1.54) is 19.1 Å². The van der Waals surface area contributed by atoms with Gasteiger partial charge in [0.15, 0.2) is 6.04 Å². The Labute approximate surface area is 215 Å². The van der Waals surface area contributed by atoms with Crippen LogP contribution in [0.5, 0.6) is 0 Å². The lowest BCUT2D eigenvalue weighted by Gasteiger charge is -2.27. The first-order valence-electron chi connectivity index (χ1n) is 11.8. The zero-order valence-electron chi connectivity index (χ0n) is 20.3. The molecule has 0 spiro atoms.